The van der Waals surface area contributed by atoms with Crippen molar-refractivity contribution >= 4 is 23.3 Å². The van der Waals surface area contributed by atoms with E-state index in [1.54, 1.807) is 24.3 Å². The fourth-order valence-electron chi connectivity index (χ4n) is 3.63. The minimum absolute atomic E-state index is 0. The largest absolute Gasteiger partial charge is 0.379 e. The fourth-order valence-corrected chi connectivity index (χ4v) is 3.63. The molecule has 0 saturated heterocycles. The third-order valence-electron chi connectivity index (χ3n) is 6.01. The second kappa shape index (κ2) is 16.6. The molecule has 1 amide bonds. The molecule has 0 aliphatic heterocycles. The van der Waals surface area contributed by atoms with Crippen molar-refractivity contribution in [3.05, 3.63) is 53.7 Å². The van der Waals surface area contributed by atoms with Gasteiger partial charge in [-0.25, -0.2) is 0 Å². The average Bonchev–Trinajstić information content (AvgIpc) is 2.92. The van der Waals surface area contributed by atoms with Gasteiger partial charge >= 0.3 is 0 Å². The first-order valence-electron chi connectivity index (χ1n) is 13.4. The van der Waals surface area contributed by atoms with Crippen molar-refractivity contribution in [2.45, 2.75) is 65.8 Å². The number of ether oxygens (including phenoxy) is 2. The fraction of sp³-hybridized carbons (Fsp3) is 0.500. The van der Waals surface area contributed by atoms with Gasteiger partial charge in [-0.1, -0.05) is 52.0 Å². The summed E-state index contributed by atoms with van der Waals surface area (Å²) in [7, 11) is 0. The summed E-state index contributed by atoms with van der Waals surface area (Å²) in [5.41, 5.74) is 2.57. The van der Waals surface area contributed by atoms with Crippen molar-refractivity contribution in [2.75, 3.05) is 26.4 Å². The normalized spacial score (nSPS) is 11.8. The molecule has 0 spiro atoms. The van der Waals surface area contributed by atoms with Gasteiger partial charge in [-0.15, -0.1) is 0 Å². The molecule has 8 nitrogen and oxygen atoms in total. The van der Waals surface area contributed by atoms with E-state index in [9.17, 15) is 19.2 Å². The van der Waals surface area contributed by atoms with Gasteiger partial charge in [0, 0.05) is 50.4 Å². The summed E-state index contributed by atoms with van der Waals surface area (Å²) in [6, 6.07) is 10.2. The number of benzene rings is 1. The van der Waals surface area contributed by atoms with Gasteiger partial charge in [-0.2, -0.15) is 0 Å². The third kappa shape index (κ3) is 10.6. The van der Waals surface area contributed by atoms with Crippen LogP contribution in [-0.2, 0) is 19.1 Å². The van der Waals surface area contributed by atoms with Gasteiger partial charge in [0.25, 0.3) is 5.91 Å². The number of hydrogen-bond acceptors (Lipinski definition) is 7. The Morgan fingerprint density at radius 2 is 1.50 bits per heavy atom. The Morgan fingerprint density at radius 1 is 0.868 bits per heavy atom. The van der Waals surface area contributed by atoms with E-state index in [1.165, 1.54) is 6.20 Å². The van der Waals surface area contributed by atoms with E-state index < -0.39 is 6.04 Å². The van der Waals surface area contributed by atoms with Crippen molar-refractivity contribution in [1.29, 1.82) is 0 Å². The topological polar surface area (TPSA) is 112 Å². The lowest BCUT2D eigenvalue weighted by Crippen LogP contribution is -2.42. The maximum absolute atomic E-state index is 12.9. The molecule has 208 valence electrons. The molecule has 0 aliphatic rings. The van der Waals surface area contributed by atoms with Crippen LogP contribution in [0.3, 0.4) is 0 Å². The van der Waals surface area contributed by atoms with Gasteiger partial charge < -0.3 is 14.8 Å². The zero-order chi connectivity index (χ0) is 27.9. The summed E-state index contributed by atoms with van der Waals surface area (Å²) >= 11 is 0. The SMILES string of the molecule is CCCC(=O)CCOCC(COCCC(=O)C(C)C)NC(=O)c1ccc(-c2ccc(C(=O)CC)cc2)nc1.[HH]. The maximum Gasteiger partial charge on any atom is 0.253 e. The van der Waals surface area contributed by atoms with Gasteiger partial charge in [-0.3, -0.25) is 24.2 Å². The highest BCUT2D eigenvalue weighted by atomic mass is 16.5. The van der Waals surface area contributed by atoms with Crippen LogP contribution in [0.4, 0.5) is 0 Å². The quantitative estimate of drug-likeness (QED) is 0.213. The molecule has 1 N–H and O–H groups in total. The molecule has 0 saturated carbocycles. The van der Waals surface area contributed by atoms with Gasteiger partial charge in [0.05, 0.1) is 43.7 Å². The second-order valence-corrected chi connectivity index (χ2v) is 9.52. The van der Waals surface area contributed by atoms with Crippen molar-refractivity contribution < 1.29 is 30.1 Å². The van der Waals surface area contributed by atoms with E-state index in [1.807, 2.05) is 39.8 Å². The molecule has 0 fully saturated rings. The Labute approximate surface area is 227 Å². The number of nitrogens with one attached hydrogen (secondary N) is 1. The highest BCUT2D eigenvalue weighted by molar-refractivity contribution is 5.96. The van der Waals surface area contributed by atoms with E-state index in [0.29, 0.717) is 42.5 Å². The molecule has 1 aromatic carbocycles. The zero-order valence-electron chi connectivity index (χ0n) is 23.0. The molecule has 0 aliphatic carbocycles. The van der Waals surface area contributed by atoms with Crippen LogP contribution >= 0.6 is 0 Å². The minimum Gasteiger partial charge on any atom is -0.379 e. The maximum atomic E-state index is 12.9. The number of ketones is 3. The molecule has 1 unspecified atom stereocenters. The van der Waals surface area contributed by atoms with Gasteiger partial charge in [0.15, 0.2) is 5.78 Å². The lowest BCUT2D eigenvalue weighted by atomic mass is 10.0. The standard InChI is InChI=1S/C30H40N2O6.H2/c1-5-7-26(33)14-16-37-19-25(20-38-17-15-29(35)21(3)4)32-30(36)24-12-13-27(31-18-24)22-8-10-23(11-9-22)28(34)6-2;/h8-13,18,21,25H,5-7,14-17,19-20H2,1-4H3,(H,32,36);1H. The molecule has 38 heavy (non-hydrogen) atoms. The molecule has 0 bridgehead atoms. The Bertz CT molecular complexity index is 1050. The summed E-state index contributed by atoms with van der Waals surface area (Å²) in [5, 5.41) is 2.91. The van der Waals surface area contributed by atoms with Crippen LogP contribution in [0, 0.1) is 5.92 Å². The van der Waals surface area contributed by atoms with E-state index in [2.05, 4.69) is 10.3 Å². The van der Waals surface area contributed by atoms with Crippen LogP contribution < -0.4 is 5.32 Å². The predicted octanol–water partition coefficient (Wildman–Crippen LogP) is 5.09. The molecule has 8 heteroatoms. The molecular weight excluding hydrogens is 484 g/mol. The summed E-state index contributed by atoms with van der Waals surface area (Å²) < 4.78 is 11.3. The summed E-state index contributed by atoms with van der Waals surface area (Å²) in [6.07, 6.45) is 3.92. The molecule has 0 radical (unpaired) electrons. The molecular formula is C30H42N2O6. The van der Waals surface area contributed by atoms with E-state index in [4.69, 9.17) is 9.47 Å². The van der Waals surface area contributed by atoms with Crippen LogP contribution in [0.15, 0.2) is 42.6 Å². The number of pyridine rings is 1. The second-order valence-electron chi connectivity index (χ2n) is 9.52. The van der Waals surface area contributed by atoms with Crippen LogP contribution in [-0.4, -0.2) is 60.7 Å². The summed E-state index contributed by atoms with van der Waals surface area (Å²) in [5.74, 6) is -0.0303. The number of carbonyl (C=O) groups excluding carboxylic acids is 4. The number of rotatable bonds is 18. The van der Waals surface area contributed by atoms with E-state index in [-0.39, 0.29) is 57.0 Å². The number of carbonyl (C=O) groups is 4. The number of Topliss-reactive ketones (excluding diaryl/α,β-unsaturated/α-hetero) is 3. The smallest absolute Gasteiger partial charge is 0.253 e. The average molecular weight is 527 g/mol. The Balaban J connectivity index is 0.00000760. The Kier molecular flexibility index (Phi) is 13.5. The van der Waals surface area contributed by atoms with Crippen LogP contribution in [0.25, 0.3) is 11.3 Å². The number of aromatic nitrogens is 1. The predicted molar refractivity (Wildman–Crippen MR) is 148 cm³/mol. The summed E-state index contributed by atoms with van der Waals surface area (Å²) in [6.45, 7) is 8.37. The molecule has 1 heterocycles. The molecule has 2 aromatic rings. The third-order valence-corrected chi connectivity index (χ3v) is 6.01. The van der Waals surface area contributed by atoms with E-state index >= 15 is 0 Å². The Morgan fingerprint density at radius 3 is 2.05 bits per heavy atom. The lowest BCUT2D eigenvalue weighted by molar-refractivity contribution is -0.123. The first kappa shape index (κ1) is 31.0. The van der Waals surface area contributed by atoms with Crippen LogP contribution in [0.1, 0.15) is 81.9 Å². The number of nitrogens with zero attached hydrogens (tertiary/aromatic N) is 1. The van der Waals surface area contributed by atoms with E-state index in [0.717, 1.165) is 12.0 Å². The molecule has 1 atom stereocenters. The number of amides is 1. The first-order chi connectivity index (χ1) is 18.2. The van der Waals surface area contributed by atoms with Crippen molar-refractivity contribution in [1.82, 2.24) is 10.3 Å². The van der Waals surface area contributed by atoms with Crippen molar-refractivity contribution in [3.63, 3.8) is 0 Å². The lowest BCUT2D eigenvalue weighted by Gasteiger charge is -2.19. The van der Waals surface area contributed by atoms with Crippen molar-refractivity contribution in [2.24, 2.45) is 5.92 Å². The zero-order valence-corrected chi connectivity index (χ0v) is 23.0. The minimum atomic E-state index is -0.457. The highest BCUT2D eigenvalue weighted by Gasteiger charge is 2.16. The monoisotopic (exact) mass is 526 g/mol. The van der Waals surface area contributed by atoms with Crippen LogP contribution in [0.2, 0.25) is 0 Å². The number of hydrogen-bond donors (Lipinski definition) is 1. The van der Waals surface area contributed by atoms with Gasteiger partial charge in [0.1, 0.15) is 11.6 Å². The molecule has 1 aromatic heterocycles. The van der Waals surface area contributed by atoms with Crippen molar-refractivity contribution in [3.8, 4) is 11.3 Å². The summed E-state index contributed by atoms with van der Waals surface area (Å²) in [4.78, 5) is 52.7. The van der Waals surface area contributed by atoms with Gasteiger partial charge in [-0.05, 0) is 18.6 Å². The van der Waals surface area contributed by atoms with Crippen LogP contribution in [0.5, 0.6) is 0 Å². The highest BCUT2D eigenvalue weighted by Crippen LogP contribution is 2.18. The molecule has 2 rings (SSSR count). The first-order valence-corrected chi connectivity index (χ1v) is 13.4. The Hall–Kier alpha value is -3.23. The van der Waals surface area contributed by atoms with Gasteiger partial charge in [0.2, 0.25) is 0 Å².